The van der Waals surface area contributed by atoms with Crippen molar-refractivity contribution in [3.63, 3.8) is 0 Å². The van der Waals surface area contributed by atoms with Gasteiger partial charge in [-0.3, -0.25) is 14.9 Å². The van der Waals surface area contributed by atoms with Crippen molar-refractivity contribution in [1.29, 1.82) is 0 Å². The first-order valence-electron chi connectivity index (χ1n) is 6.53. The smallest absolute Gasteiger partial charge is 0.270 e. The van der Waals surface area contributed by atoms with E-state index in [2.05, 4.69) is 15.9 Å². The van der Waals surface area contributed by atoms with Gasteiger partial charge in [0.25, 0.3) is 5.69 Å². The van der Waals surface area contributed by atoms with Crippen LogP contribution in [-0.2, 0) is 11.2 Å². The number of nitrogens with zero attached hydrogens (tertiary/aromatic N) is 2. The summed E-state index contributed by atoms with van der Waals surface area (Å²) in [4.78, 5) is 24.1. The summed E-state index contributed by atoms with van der Waals surface area (Å²) >= 11 is 3.27. The molecule has 0 heterocycles. The molecule has 0 saturated heterocycles. The van der Waals surface area contributed by atoms with Gasteiger partial charge in [-0.15, -0.1) is 0 Å². The molecule has 6 nitrogen and oxygen atoms in total. The highest BCUT2D eigenvalue weighted by molar-refractivity contribution is 9.10. The average Bonchev–Trinajstić information content (AvgIpc) is 2.40. The summed E-state index contributed by atoms with van der Waals surface area (Å²) in [5, 5.41) is 10.7. The van der Waals surface area contributed by atoms with Gasteiger partial charge in [0.05, 0.1) is 11.3 Å². The molecule has 0 radical (unpaired) electrons. The maximum absolute atomic E-state index is 12.2. The molecule has 2 N–H and O–H groups in total. The summed E-state index contributed by atoms with van der Waals surface area (Å²) in [6.45, 7) is 5.05. The zero-order chi connectivity index (χ0) is 16.2. The number of amides is 1. The SMILES string of the molecule is CN(CC(C)(C)CN)C(=O)Cc1ccc([N+](=O)[O-])cc1Br. The van der Waals surface area contributed by atoms with E-state index in [-0.39, 0.29) is 23.4 Å². The number of hydrogen-bond acceptors (Lipinski definition) is 4. The number of benzene rings is 1. The first-order valence-corrected chi connectivity index (χ1v) is 7.32. The van der Waals surface area contributed by atoms with E-state index in [9.17, 15) is 14.9 Å². The summed E-state index contributed by atoms with van der Waals surface area (Å²) < 4.78 is 0.566. The van der Waals surface area contributed by atoms with E-state index in [0.29, 0.717) is 17.6 Å². The van der Waals surface area contributed by atoms with Crippen LogP contribution >= 0.6 is 15.9 Å². The molecule has 1 amide bonds. The van der Waals surface area contributed by atoms with E-state index in [4.69, 9.17) is 5.73 Å². The van der Waals surface area contributed by atoms with Gasteiger partial charge >= 0.3 is 0 Å². The molecule has 1 aromatic carbocycles. The summed E-state index contributed by atoms with van der Waals surface area (Å²) in [5.74, 6) is -0.0499. The van der Waals surface area contributed by atoms with Crippen molar-refractivity contribution in [3.8, 4) is 0 Å². The fourth-order valence-electron chi connectivity index (χ4n) is 1.89. The topological polar surface area (TPSA) is 89.5 Å². The molecule has 1 aromatic rings. The van der Waals surface area contributed by atoms with Gasteiger partial charge in [-0.1, -0.05) is 35.8 Å². The van der Waals surface area contributed by atoms with Crippen LogP contribution in [-0.4, -0.2) is 35.9 Å². The highest BCUT2D eigenvalue weighted by Gasteiger charge is 2.22. The highest BCUT2D eigenvalue weighted by Crippen LogP contribution is 2.24. The van der Waals surface area contributed by atoms with E-state index < -0.39 is 4.92 Å². The summed E-state index contributed by atoms with van der Waals surface area (Å²) in [7, 11) is 1.74. The zero-order valence-electron chi connectivity index (χ0n) is 12.4. The van der Waals surface area contributed by atoms with Gasteiger partial charge in [-0.2, -0.15) is 0 Å². The Bertz CT molecular complexity index is 546. The Morgan fingerprint density at radius 2 is 2.10 bits per heavy atom. The van der Waals surface area contributed by atoms with Gasteiger partial charge < -0.3 is 10.6 Å². The Hall–Kier alpha value is -1.47. The molecule has 0 aliphatic carbocycles. The van der Waals surface area contributed by atoms with Crippen molar-refractivity contribution < 1.29 is 9.72 Å². The standard InChI is InChI=1S/C14H20BrN3O3/c1-14(2,8-16)9-17(3)13(19)6-10-4-5-11(18(20)21)7-12(10)15/h4-5,7H,6,8-9,16H2,1-3H3. The lowest BCUT2D eigenvalue weighted by Crippen LogP contribution is -2.40. The number of likely N-dealkylation sites (N-methyl/N-ethyl adjacent to an activating group) is 1. The van der Waals surface area contributed by atoms with Crippen molar-refractivity contribution in [3.05, 3.63) is 38.3 Å². The van der Waals surface area contributed by atoms with Gasteiger partial charge in [0, 0.05) is 30.2 Å². The van der Waals surface area contributed by atoms with Gasteiger partial charge in [0.1, 0.15) is 0 Å². The van der Waals surface area contributed by atoms with Crippen LogP contribution in [0.5, 0.6) is 0 Å². The lowest BCUT2D eigenvalue weighted by Gasteiger charge is -2.29. The molecule has 0 bridgehead atoms. The number of nitro benzene ring substituents is 1. The third-order valence-electron chi connectivity index (χ3n) is 3.23. The van der Waals surface area contributed by atoms with Gasteiger partial charge in [0.2, 0.25) is 5.91 Å². The molecule has 0 unspecified atom stereocenters. The minimum atomic E-state index is -0.466. The van der Waals surface area contributed by atoms with Crippen LogP contribution < -0.4 is 5.73 Å². The molecular formula is C14H20BrN3O3. The van der Waals surface area contributed by atoms with E-state index in [0.717, 1.165) is 5.56 Å². The number of halogens is 1. The van der Waals surface area contributed by atoms with E-state index in [1.807, 2.05) is 13.8 Å². The van der Waals surface area contributed by atoms with Crippen LogP contribution in [0.25, 0.3) is 0 Å². The Morgan fingerprint density at radius 1 is 1.48 bits per heavy atom. The molecule has 0 aromatic heterocycles. The average molecular weight is 358 g/mol. The largest absolute Gasteiger partial charge is 0.345 e. The first kappa shape index (κ1) is 17.6. The number of non-ortho nitro benzene ring substituents is 1. The molecule has 0 aliphatic heterocycles. The molecule has 0 fully saturated rings. The fourth-order valence-corrected chi connectivity index (χ4v) is 2.39. The van der Waals surface area contributed by atoms with Gasteiger partial charge in [0.15, 0.2) is 0 Å². The molecule has 1 rings (SSSR count). The Balaban J connectivity index is 2.77. The minimum absolute atomic E-state index is 0.00399. The maximum atomic E-state index is 12.2. The normalized spacial score (nSPS) is 11.3. The molecule has 0 spiro atoms. The van der Waals surface area contributed by atoms with Crippen molar-refractivity contribution in [2.75, 3.05) is 20.1 Å². The molecule has 0 saturated carbocycles. The van der Waals surface area contributed by atoms with Crippen molar-refractivity contribution in [2.24, 2.45) is 11.1 Å². The van der Waals surface area contributed by atoms with Crippen LogP contribution in [0.1, 0.15) is 19.4 Å². The van der Waals surface area contributed by atoms with Crippen molar-refractivity contribution >= 4 is 27.5 Å². The predicted molar refractivity (Wildman–Crippen MR) is 85.0 cm³/mol. The summed E-state index contributed by atoms with van der Waals surface area (Å²) in [5.41, 5.74) is 6.25. The lowest BCUT2D eigenvalue weighted by molar-refractivity contribution is -0.384. The monoisotopic (exact) mass is 357 g/mol. The third kappa shape index (κ3) is 5.09. The minimum Gasteiger partial charge on any atom is -0.345 e. The second kappa shape index (κ2) is 7.00. The van der Waals surface area contributed by atoms with Crippen LogP contribution in [0.15, 0.2) is 22.7 Å². The number of nitro groups is 1. The Kier molecular flexibility index (Phi) is 5.86. The van der Waals surface area contributed by atoms with E-state index >= 15 is 0 Å². The van der Waals surface area contributed by atoms with Crippen molar-refractivity contribution in [1.82, 2.24) is 4.90 Å². The van der Waals surface area contributed by atoms with Gasteiger partial charge in [-0.05, 0) is 17.5 Å². The highest BCUT2D eigenvalue weighted by atomic mass is 79.9. The molecule has 116 valence electrons. The predicted octanol–water partition coefficient (Wildman–Crippen LogP) is 2.34. The lowest BCUT2D eigenvalue weighted by atomic mass is 9.93. The quantitative estimate of drug-likeness (QED) is 0.624. The van der Waals surface area contributed by atoms with Crippen LogP contribution in [0.3, 0.4) is 0 Å². The zero-order valence-corrected chi connectivity index (χ0v) is 14.0. The Morgan fingerprint density at radius 3 is 2.57 bits per heavy atom. The molecule has 21 heavy (non-hydrogen) atoms. The molecule has 7 heteroatoms. The second-order valence-electron chi connectivity index (χ2n) is 5.83. The number of carbonyl (C=O) groups is 1. The van der Waals surface area contributed by atoms with Crippen LogP contribution in [0, 0.1) is 15.5 Å². The van der Waals surface area contributed by atoms with Crippen LogP contribution in [0.4, 0.5) is 5.69 Å². The number of hydrogen-bond donors (Lipinski definition) is 1. The third-order valence-corrected chi connectivity index (χ3v) is 3.97. The Labute approximate surface area is 132 Å². The number of rotatable bonds is 6. The van der Waals surface area contributed by atoms with Gasteiger partial charge in [-0.25, -0.2) is 0 Å². The molecule has 0 aliphatic rings. The van der Waals surface area contributed by atoms with E-state index in [1.54, 1.807) is 18.0 Å². The van der Waals surface area contributed by atoms with Crippen molar-refractivity contribution in [2.45, 2.75) is 20.3 Å². The maximum Gasteiger partial charge on any atom is 0.270 e. The van der Waals surface area contributed by atoms with E-state index in [1.165, 1.54) is 12.1 Å². The van der Waals surface area contributed by atoms with Crippen LogP contribution in [0.2, 0.25) is 0 Å². The molecular weight excluding hydrogens is 338 g/mol. The first-order chi connectivity index (χ1) is 9.66. The summed E-state index contributed by atoms with van der Waals surface area (Å²) in [6, 6.07) is 4.41. The molecule has 0 atom stereocenters. The number of nitrogens with two attached hydrogens (primary N) is 1. The summed E-state index contributed by atoms with van der Waals surface area (Å²) in [6.07, 6.45) is 0.190. The fraction of sp³-hybridized carbons (Fsp3) is 0.500. The number of carbonyl (C=O) groups excluding carboxylic acids is 1. The second-order valence-corrected chi connectivity index (χ2v) is 6.68.